The molecule has 0 amide bonds. The molecule has 0 N–H and O–H groups in total. The fourth-order valence-corrected chi connectivity index (χ4v) is 2.04. The average Bonchev–Trinajstić information content (AvgIpc) is 2.38. The molecule has 4 nitrogen and oxygen atoms in total. The van der Waals surface area contributed by atoms with E-state index >= 15 is 0 Å². The number of halogens is 4. The van der Waals surface area contributed by atoms with Gasteiger partial charge in [-0.1, -0.05) is 29.5 Å². The molecule has 20 heavy (non-hydrogen) atoms. The molecule has 0 bridgehead atoms. The maximum Gasteiger partial charge on any atom is 0.490 e. The SMILES string of the molecule is CCC(I)C(=O)OC1CCC(OC(=O)C(F)(F)F)CC1. The van der Waals surface area contributed by atoms with Crippen LogP contribution in [0, 0.1) is 0 Å². The third kappa shape index (κ3) is 5.45. The van der Waals surface area contributed by atoms with Crippen molar-refractivity contribution in [1.29, 1.82) is 0 Å². The van der Waals surface area contributed by atoms with Gasteiger partial charge in [-0.3, -0.25) is 4.79 Å². The summed E-state index contributed by atoms with van der Waals surface area (Å²) in [5.74, 6) is -2.46. The minimum atomic E-state index is -4.96. The number of esters is 2. The van der Waals surface area contributed by atoms with Crippen molar-refractivity contribution in [1.82, 2.24) is 0 Å². The van der Waals surface area contributed by atoms with E-state index in [9.17, 15) is 22.8 Å². The predicted octanol–water partition coefficient (Wildman–Crippen LogP) is 3.16. The fraction of sp³-hybridized carbons (Fsp3) is 0.833. The molecule has 0 saturated heterocycles. The molecule has 1 saturated carbocycles. The molecule has 8 heteroatoms. The largest absolute Gasteiger partial charge is 0.490 e. The number of hydrogen-bond acceptors (Lipinski definition) is 4. The summed E-state index contributed by atoms with van der Waals surface area (Å²) in [4.78, 5) is 22.3. The van der Waals surface area contributed by atoms with Gasteiger partial charge in [0, 0.05) is 0 Å². The summed E-state index contributed by atoms with van der Waals surface area (Å²) in [6, 6.07) is 0. The first kappa shape index (κ1) is 17.5. The topological polar surface area (TPSA) is 52.6 Å². The fourth-order valence-electron chi connectivity index (χ4n) is 1.89. The van der Waals surface area contributed by atoms with Crippen molar-refractivity contribution in [3.63, 3.8) is 0 Å². The van der Waals surface area contributed by atoms with E-state index in [1.54, 1.807) is 0 Å². The Hall–Kier alpha value is -0.540. The highest BCUT2D eigenvalue weighted by Gasteiger charge is 2.42. The van der Waals surface area contributed by atoms with E-state index < -0.39 is 18.2 Å². The molecule has 1 unspecified atom stereocenters. The van der Waals surface area contributed by atoms with Crippen LogP contribution in [0.4, 0.5) is 13.2 Å². The second-order valence-electron chi connectivity index (χ2n) is 4.61. The van der Waals surface area contributed by atoms with Gasteiger partial charge in [0.1, 0.15) is 16.1 Å². The Bertz CT molecular complexity index is 351. The molecular weight excluding hydrogens is 392 g/mol. The number of hydrogen-bond donors (Lipinski definition) is 0. The zero-order valence-corrected chi connectivity index (χ0v) is 13.1. The van der Waals surface area contributed by atoms with Crippen LogP contribution in [0.5, 0.6) is 0 Å². The first-order chi connectivity index (χ1) is 9.24. The van der Waals surface area contributed by atoms with Gasteiger partial charge < -0.3 is 9.47 Å². The van der Waals surface area contributed by atoms with Crippen molar-refractivity contribution in [2.45, 2.75) is 61.3 Å². The molecule has 0 heterocycles. The molecule has 116 valence electrons. The molecule has 0 aromatic rings. The van der Waals surface area contributed by atoms with E-state index in [1.165, 1.54) is 0 Å². The normalized spacial score (nSPS) is 24.9. The molecule has 1 fully saturated rings. The monoisotopic (exact) mass is 408 g/mol. The molecule has 1 atom stereocenters. The van der Waals surface area contributed by atoms with Crippen LogP contribution < -0.4 is 0 Å². The summed E-state index contributed by atoms with van der Waals surface area (Å²) in [7, 11) is 0. The summed E-state index contributed by atoms with van der Waals surface area (Å²) in [5, 5.41) is 0. The predicted molar refractivity (Wildman–Crippen MR) is 72.4 cm³/mol. The number of alkyl halides is 4. The highest BCUT2D eigenvalue weighted by atomic mass is 127. The van der Waals surface area contributed by atoms with Crippen LogP contribution in [0.2, 0.25) is 0 Å². The van der Waals surface area contributed by atoms with Crippen LogP contribution in [0.3, 0.4) is 0 Å². The Balaban J connectivity index is 2.33. The molecule has 1 aliphatic rings. The minimum absolute atomic E-state index is 0.214. The highest BCUT2D eigenvalue weighted by Crippen LogP contribution is 2.27. The molecular formula is C12H16F3IO4. The van der Waals surface area contributed by atoms with E-state index in [0.717, 1.165) is 0 Å². The van der Waals surface area contributed by atoms with Crippen LogP contribution in [0.1, 0.15) is 39.0 Å². The van der Waals surface area contributed by atoms with E-state index in [2.05, 4.69) is 4.74 Å². The van der Waals surface area contributed by atoms with Crippen molar-refractivity contribution in [2.24, 2.45) is 0 Å². The van der Waals surface area contributed by atoms with Crippen molar-refractivity contribution < 1.29 is 32.2 Å². The maximum atomic E-state index is 12.0. The Kier molecular flexibility index (Phi) is 6.53. The van der Waals surface area contributed by atoms with Crippen molar-refractivity contribution in [3.05, 3.63) is 0 Å². The van der Waals surface area contributed by atoms with Crippen LogP contribution in [0.25, 0.3) is 0 Å². The molecule has 0 radical (unpaired) electrons. The minimum Gasteiger partial charge on any atom is -0.462 e. The lowest BCUT2D eigenvalue weighted by atomic mass is 9.95. The van der Waals surface area contributed by atoms with E-state index in [4.69, 9.17) is 4.74 Å². The van der Waals surface area contributed by atoms with E-state index in [-0.39, 0.29) is 28.8 Å². The second-order valence-corrected chi connectivity index (χ2v) is 6.12. The molecule has 1 aliphatic carbocycles. The first-order valence-electron chi connectivity index (χ1n) is 6.36. The summed E-state index contributed by atoms with van der Waals surface area (Å²) in [6.07, 6.45) is -3.97. The summed E-state index contributed by atoms with van der Waals surface area (Å²) < 4.78 is 45.5. The van der Waals surface area contributed by atoms with Gasteiger partial charge in [0.2, 0.25) is 0 Å². The Morgan fingerprint density at radius 3 is 2.00 bits per heavy atom. The van der Waals surface area contributed by atoms with Gasteiger partial charge >= 0.3 is 18.1 Å². The van der Waals surface area contributed by atoms with E-state index in [0.29, 0.717) is 19.3 Å². The molecule has 0 aliphatic heterocycles. The third-order valence-electron chi connectivity index (χ3n) is 3.02. The third-order valence-corrected chi connectivity index (χ3v) is 4.41. The lowest BCUT2D eigenvalue weighted by molar-refractivity contribution is -0.207. The van der Waals surface area contributed by atoms with Crippen LogP contribution in [-0.2, 0) is 19.1 Å². The van der Waals surface area contributed by atoms with Gasteiger partial charge in [-0.25, -0.2) is 4.79 Å². The van der Waals surface area contributed by atoms with Gasteiger partial charge in [0.25, 0.3) is 0 Å². The highest BCUT2D eigenvalue weighted by molar-refractivity contribution is 14.1. The van der Waals surface area contributed by atoms with Gasteiger partial charge in [0.05, 0.1) is 0 Å². The van der Waals surface area contributed by atoms with Crippen molar-refractivity contribution in [2.75, 3.05) is 0 Å². The summed E-state index contributed by atoms with van der Waals surface area (Å²) >= 11 is 1.99. The van der Waals surface area contributed by atoms with Gasteiger partial charge in [-0.2, -0.15) is 13.2 Å². The number of ether oxygens (including phenoxy) is 2. The maximum absolute atomic E-state index is 12.0. The number of rotatable bonds is 4. The van der Waals surface area contributed by atoms with Crippen molar-refractivity contribution >= 4 is 34.5 Å². The molecule has 0 aromatic carbocycles. The second kappa shape index (κ2) is 7.46. The molecule has 0 spiro atoms. The Morgan fingerprint density at radius 1 is 1.15 bits per heavy atom. The Morgan fingerprint density at radius 2 is 1.60 bits per heavy atom. The standard InChI is InChI=1S/C12H16F3IO4/c1-2-9(16)10(17)19-7-3-5-8(6-4-7)20-11(18)12(13,14)15/h7-9H,2-6H2,1H3. The number of carbonyl (C=O) groups is 2. The first-order valence-corrected chi connectivity index (χ1v) is 7.61. The van der Waals surface area contributed by atoms with Crippen molar-refractivity contribution in [3.8, 4) is 0 Å². The quantitative estimate of drug-likeness (QED) is 0.408. The lowest BCUT2D eigenvalue weighted by Gasteiger charge is -2.28. The van der Waals surface area contributed by atoms with Gasteiger partial charge in [0.15, 0.2) is 0 Å². The van der Waals surface area contributed by atoms with Gasteiger partial charge in [-0.15, -0.1) is 0 Å². The van der Waals surface area contributed by atoms with Crippen LogP contribution in [0.15, 0.2) is 0 Å². The average molecular weight is 408 g/mol. The Labute approximate surface area is 128 Å². The zero-order chi connectivity index (χ0) is 15.3. The van der Waals surface area contributed by atoms with Crippen LogP contribution >= 0.6 is 22.6 Å². The number of carbonyl (C=O) groups excluding carboxylic acids is 2. The summed E-state index contributed by atoms with van der Waals surface area (Å²) in [5.41, 5.74) is 0. The zero-order valence-electron chi connectivity index (χ0n) is 10.9. The molecule has 0 aromatic heterocycles. The van der Waals surface area contributed by atoms with Gasteiger partial charge in [-0.05, 0) is 32.1 Å². The molecule has 1 rings (SSSR count). The van der Waals surface area contributed by atoms with E-state index in [1.807, 2.05) is 29.5 Å². The summed E-state index contributed by atoms with van der Waals surface area (Å²) in [6.45, 7) is 1.87. The smallest absolute Gasteiger partial charge is 0.462 e. The lowest BCUT2D eigenvalue weighted by Crippen LogP contribution is -2.35. The van der Waals surface area contributed by atoms with Crippen LogP contribution in [-0.4, -0.2) is 34.2 Å².